The van der Waals surface area contributed by atoms with Crippen molar-refractivity contribution >= 4 is 12.4 Å². The van der Waals surface area contributed by atoms with Crippen molar-refractivity contribution in [2.45, 2.75) is 180 Å². The Morgan fingerprint density at radius 2 is 0.567 bits per heavy atom. The first-order valence-electron chi connectivity index (χ1n) is 14.1. The molecule has 0 aromatic carbocycles. The van der Waals surface area contributed by atoms with Gasteiger partial charge in [0.25, 0.3) is 0 Å². The molecule has 0 rings (SSSR count). The Bertz CT molecular complexity index is 282. The molecule has 0 aliphatic rings. The summed E-state index contributed by atoms with van der Waals surface area (Å²) in [6, 6.07) is 0.469. The van der Waals surface area contributed by atoms with Crippen LogP contribution in [-0.2, 0) is 0 Å². The number of halogens is 1. The van der Waals surface area contributed by atoms with E-state index in [0.29, 0.717) is 6.04 Å². The Kier molecular flexibility index (Phi) is 31.6. The second-order valence-electron chi connectivity index (χ2n) is 9.76. The second-order valence-corrected chi connectivity index (χ2v) is 9.76. The van der Waals surface area contributed by atoms with Gasteiger partial charge in [-0.3, -0.25) is 0 Å². The van der Waals surface area contributed by atoms with Crippen LogP contribution in [0.25, 0.3) is 0 Å². The lowest BCUT2D eigenvalue weighted by atomic mass is 10.00. The predicted octanol–water partition coefficient (Wildman–Crippen LogP) is 10.5. The van der Waals surface area contributed by atoms with Crippen molar-refractivity contribution in [3.63, 3.8) is 0 Å². The van der Waals surface area contributed by atoms with Crippen molar-refractivity contribution in [1.29, 1.82) is 0 Å². The average Bonchev–Trinajstić information content (AvgIpc) is 2.72. The third kappa shape index (κ3) is 28.2. The standard InChI is InChI=1S/C28H59N.ClH/c1-3-5-7-9-11-13-15-16-17-19-21-23-25-27-28(29)26-24-22-20-18-14-12-10-8-6-4-2;/h28H,3-27,29H2,1-2H3;1H. The largest absolute Gasteiger partial charge is 0.328 e. The molecule has 0 fully saturated rings. The lowest BCUT2D eigenvalue weighted by Crippen LogP contribution is -2.19. The predicted molar refractivity (Wildman–Crippen MR) is 142 cm³/mol. The van der Waals surface area contributed by atoms with Crippen molar-refractivity contribution in [1.82, 2.24) is 0 Å². The van der Waals surface area contributed by atoms with Gasteiger partial charge in [-0.15, -0.1) is 12.4 Å². The van der Waals surface area contributed by atoms with Crippen LogP contribution in [0.1, 0.15) is 174 Å². The highest BCUT2D eigenvalue weighted by Gasteiger charge is 2.02. The summed E-state index contributed by atoms with van der Waals surface area (Å²) in [5, 5.41) is 0. The summed E-state index contributed by atoms with van der Waals surface area (Å²) in [6.07, 6.45) is 35.4. The maximum atomic E-state index is 6.32. The van der Waals surface area contributed by atoms with E-state index in [1.807, 2.05) is 0 Å². The Balaban J connectivity index is 0. The van der Waals surface area contributed by atoms with Gasteiger partial charge in [0.05, 0.1) is 0 Å². The van der Waals surface area contributed by atoms with Gasteiger partial charge in [-0.2, -0.15) is 0 Å². The van der Waals surface area contributed by atoms with Crippen LogP contribution in [0.5, 0.6) is 0 Å². The molecule has 0 heterocycles. The zero-order valence-corrected chi connectivity index (χ0v) is 22.1. The van der Waals surface area contributed by atoms with Crippen LogP contribution in [0, 0.1) is 0 Å². The molecule has 2 heteroatoms. The van der Waals surface area contributed by atoms with Crippen LogP contribution in [0.3, 0.4) is 0 Å². The fourth-order valence-electron chi connectivity index (χ4n) is 4.46. The maximum absolute atomic E-state index is 6.32. The van der Waals surface area contributed by atoms with Gasteiger partial charge < -0.3 is 5.73 Å². The molecule has 0 aromatic heterocycles. The molecule has 184 valence electrons. The number of hydrogen-bond acceptors (Lipinski definition) is 1. The average molecular weight is 446 g/mol. The van der Waals surface area contributed by atoms with Gasteiger partial charge in [0.2, 0.25) is 0 Å². The summed E-state index contributed by atoms with van der Waals surface area (Å²) in [7, 11) is 0. The van der Waals surface area contributed by atoms with Gasteiger partial charge in [0.15, 0.2) is 0 Å². The molecule has 0 aromatic rings. The van der Waals surface area contributed by atoms with Gasteiger partial charge in [0, 0.05) is 6.04 Å². The molecule has 1 atom stereocenters. The Morgan fingerprint density at radius 1 is 0.367 bits per heavy atom. The van der Waals surface area contributed by atoms with Crippen LogP contribution in [0.2, 0.25) is 0 Å². The number of nitrogens with two attached hydrogens (primary N) is 1. The van der Waals surface area contributed by atoms with Crippen LogP contribution in [-0.4, -0.2) is 6.04 Å². The fraction of sp³-hybridized carbons (Fsp3) is 1.00. The van der Waals surface area contributed by atoms with Crippen molar-refractivity contribution in [2.24, 2.45) is 5.73 Å². The van der Waals surface area contributed by atoms with Gasteiger partial charge in [0.1, 0.15) is 0 Å². The second kappa shape index (κ2) is 29.2. The third-order valence-electron chi connectivity index (χ3n) is 6.61. The summed E-state index contributed by atoms with van der Waals surface area (Å²) >= 11 is 0. The maximum Gasteiger partial charge on any atom is 0.00388 e. The Labute approximate surface area is 198 Å². The molecule has 0 saturated heterocycles. The van der Waals surface area contributed by atoms with Crippen molar-refractivity contribution in [3.8, 4) is 0 Å². The quantitative estimate of drug-likeness (QED) is 0.139. The van der Waals surface area contributed by atoms with Crippen LogP contribution in [0.4, 0.5) is 0 Å². The molecule has 0 aliphatic carbocycles. The molecular formula is C28H60ClN. The topological polar surface area (TPSA) is 26.0 Å². The van der Waals surface area contributed by atoms with E-state index in [4.69, 9.17) is 5.73 Å². The highest BCUT2D eigenvalue weighted by Crippen LogP contribution is 2.15. The van der Waals surface area contributed by atoms with Crippen molar-refractivity contribution in [2.75, 3.05) is 0 Å². The fourth-order valence-corrected chi connectivity index (χ4v) is 4.46. The van der Waals surface area contributed by atoms with E-state index >= 15 is 0 Å². The molecule has 1 nitrogen and oxygen atoms in total. The van der Waals surface area contributed by atoms with Gasteiger partial charge >= 0.3 is 0 Å². The van der Waals surface area contributed by atoms with E-state index in [9.17, 15) is 0 Å². The molecule has 1 unspecified atom stereocenters. The molecule has 0 radical (unpaired) electrons. The minimum Gasteiger partial charge on any atom is -0.328 e. The Morgan fingerprint density at radius 3 is 0.800 bits per heavy atom. The van der Waals surface area contributed by atoms with Crippen LogP contribution in [0.15, 0.2) is 0 Å². The zero-order valence-electron chi connectivity index (χ0n) is 21.2. The molecule has 30 heavy (non-hydrogen) atoms. The molecule has 0 spiro atoms. The molecule has 0 bridgehead atoms. The third-order valence-corrected chi connectivity index (χ3v) is 6.61. The van der Waals surface area contributed by atoms with Gasteiger partial charge in [-0.1, -0.05) is 162 Å². The van der Waals surface area contributed by atoms with Crippen molar-refractivity contribution in [3.05, 3.63) is 0 Å². The first-order chi connectivity index (χ1) is 14.3. The summed E-state index contributed by atoms with van der Waals surface area (Å²) < 4.78 is 0. The number of hydrogen-bond donors (Lipinski definition) is 1. The molecule has 2 N–H and O–H groups in total. The van der Waals surface area contributed by atoms with E-state index in [0.717, 1.165) is 0 Å². The summed E-state index contributed by atoms with van der Waals surface area (Å²) in [6.45, 7) is 4.59. The SMILES string of the molecule is CCCCCCCCCCCCCCCC(N)CCCCCCCCCCCC.Cl. The lowest BCUT2D eigenvalue weighted by molar-refractivity contribution is 0.478. The zero-order chi connectivity index (χ0) is 21.3. The lowest BCUT2D eigenvalue weighted by Gasteiger charge is -2.11. The van der Waals surface area contributed by atoms with Crippen LogP contribution < -0.4 is 5.73 Å². The highest BCUT2D eigenvalue weighted by molar-refractivity contribution is 5.85. The smallest absolute Gasteiger partial charge is 0.00388 e. The molecule has 0 saturated carbocycles. The van der Waals surface area contributed by atoms with Gasteiger partial charge in [-0.25, -0.2) is 0 Å². The van der Waals surface area contributed by atoms with E-state index in [1.54, 1.807) is 0 Å². The van der Waals surface area contributed by atoms with E-state index in [1.165, 1.54) is 161 Å². The molecule has 0 amide bonds. The molecule has 0 aliphatic heterocycles. The first-order valence-corrected chi connectivity index (χ1v) is 14.1. The number of unbranched alkanes of at least 4 members (excludes halogenated alkanes) is 21. The van der Waals surface area contributed by atoms with E-state index in [-0.39, 0.29) is 12.4 Å². The minimum atomic E-state index is 0. The van der Waals surface area contributed by atoms with E-state index in [2.05, 4.69) is 13.8 Å². The first kappa shape index (κ1) is 32.4. The van der Waals surface area contributed by atoms with Crippen molar-refractivity contribution < 1.29 is 0 Å². The van der Waals surface area contributed by atoms with Gasteiger partial charge in [-0.05, 0) is 12.8 Å². The van der Waals surface area contributed by atoms with Crippen LogP contribution >= 0.6 is 12.4 Å². The highest BCUT2D eigenvalue weighted by atomic mass is 35.5. The van der Waals surface area contributed by atoms with E-state index < -0.39 is 0 Å². The Hall–Kier alpha value is 0.250. The molecular weight excluding hydrogens is 386 g/mol. The normalized spacial score (nSPS) is 12.1. The minimum absolute atomic E-state index is 0. The number of rotatable bonds is 25. The summed E-state index contributed by atoms with van der Waals surface area (Å²) in [5.74, 6) is 0. The summed E-state index contributed by atoms with van der Waals surface area (Å²) in [4.78, 5) is 0. The summed E-state index contributed by atoms with van der Waals surface area (Å²) in [5.41, 5.74) is 6.32. The monoisotopic (exact) mass is 445 g/mol.